The number of aliphatic carboxylic acids is 1. The first-order valence-corrected chi connectivity index (χ1v) is 7.54. The number of nitrogens with one attached hydrogen (secondary N) is 1. The number of carbonyl (C=O) groups excluding carboxylic acids is 1. The van der Waals surface area contributed by atoms with Gasteiger partial charge < -0.3 is 15.2 Å². The van der Waals surface area contributed by atoms with Gasteiger partial charge in [0.05, 0.1) is 0 Å². The summed E-state index contributed by atoms with van der Waals surface area (Å²) in [5, 5.41) is 11.9. The van der Waals surface area contributed by atoms with Gasteiger partial charge in [-0.05, 0) is 27.2 Å². The molecule has 1 amide bonds. The SMILES string of the molecule is CCCC(C)SCC(NC(=O)OC(C)(C)C)C(=O)O. The lowest BCUT2D eigenvalue weighted by atomic mass is 10.2. The van der Waals surface area contributed by atoms with E-state index in [9.17, 15) is 9.59 Å². The minimum absolute atomic E-state index is 0.343. The number of thioether (sulfide) groups is 1. The summed E-state index contributed by atoms with van der Waals surface area (Å²) in [7, 11) is 0. The van der Waals surface area contributed by atoms with E-state index in [1.54, 1.807) is 32.5 Å². The summed E-state index contributed by atoms with van der Waals surface area (Å²) in [4.78, 5) is 22.6. The number of rotatable bonds is 7. The van der Waals surface area contributed by atoms with Crippen LogP contribution in [0, 0.1) is 0 Å². The third-order valence-corrected chi connectivity index (χ3v) is 3.56. The first-order chi connectivity index (χ1) is 8.65. The molecule has 0 saturated carbocycles. The Bertz CT molecular complexity index is 302. The van der Waals surface area contributed by atoms with Crippen LogP contribution >= 0.6 is 11.8 Å². The number of carboxylic acid groups (broad SMARTS) is 1. The van der Waals surface area contributed by atoms with Crippen molar-refractivity contribution in [3.63, 3.8) is 0 Å². The predicted octanol–water partition coefficient (Wildman–Crippen LogP) is 2.89. The van der Waals surface area contributed by atoms with Crippen molar-refractivity contribution in [3.8, 4) is 0 Å². The van der Waals surface area contributed by atoms with Crippen LogP contribution in [-0.2, 0) is 9.53 Å². The van der Waals surface area contributed by atoms with Crippen LogP contribution in [0.2, 0.25) is 0 Å². The molecule has 0 aromatic rings. The van der Waals surface area contributed by atoms with E-state index in [1.807, 2.05) is 0 Å². The zero-order valence-electron chi connectivity index (χ0n) is 12.4. The molecule has 0 fully saturated rings. The first-order valence-electron chi connectivity index (χ1n) is 6.49. The van der Waals surface area contributed by atoms with Crippen molar-refractivity contribution in [3.05, 3.63) is 0 Å². The van der Waals surface area contributed by atoms with Crippen molar-refractivity contribution in [1.82, 2.24) is 5.32 Å². The lowest BCUT2D eigenvalue weighted by molar-refractivity contribution is -0.138. The van der Waals surface area contributed by atoms with Crippen LogP contribution < -0.4 is 5.32 Å². The number of amides is 1. The second kappa shape index (κ2) is 8.30. The maximum atomic E-state index is 11.5. The molecule has 0 aromatic carbocycles. The largest absolute Gasteiger partial charge is 0.480 e. The number of alkyl carbamates (subject to hydrolysis) is 1. The van der Waals surface area contributed by atoms with Crippen LogP contribution in [0.3, 0.4) is 0 Å². The molecule has 2 atom stereocenters. The molecule has 0 radical (unpaired) electrons. The molecule has 0 bridgehead atoms. The standard InChI is InChI=1S/C13H25NO4S/c1-6-7-9(2)19-8-10(11(15)16)14-12(17)18-13(3,4)5/h9-10H,6-8H2,1-5H3,(H,14,17)(H,15,16). The zero-order chi connectivity index (χ0) is 15.1. The molecule has 0 aliphatic carbocycles. The minimum Gasteiger partial charge on any atom is -0.480 e. The van der Waals surface area contributed by atoms with Crippen molar-refractivity contribution in [2.75, 3.05) is 5.75 Å². The van der Waals surface area contributed by atoms with E-state index in [2.05, 4.69) is 19.2 Å². The van der Waals surface area contributed by atoms with E-state index in [0.717, 1.165) is 12.8 Å². The van der Waals surface area contributed by atoms with Gasteiger partial charge in [0.1, 0.15) is 11.6 Å². The molecule has 0 rings (SSSR count). The molecule has 112 valence electrons. The van der Waals surface area contributed by atoms with Gasteiger partial charge in [0, 0.05) is 11.0 Å². The molecular formula is C13H25NO4S. The highest BCUT2D eigenvalue weighted by Crippen LogP contribution is 2.17. The molecule has 0 heterocycles. The maximum Gasteiger partial charge on any atom is 0.408 e. The van der Waals surface area contributed by atoms with Gasteiger partial charge in [0.2, 0.25) is 0 Å². The van der Waals surface area contributed by atoms with Crippen molar-refractivity contribution in [2.45, 2.75) is 64.4 Å². The third kappa shape index (κ3) is 9.64. The Labute approximate surface area is 119 Å². The Kier molecular flexibility index (Phi) is 7.90. The van der Waals surface area contributed by atoms with Crippen LogP contribution in [0.5, 0.6) is 0 Å². The number of carboxylic acids is 1. The van der Waals surface area contributed by atoms with E-state index >= 15 is 0 Å². The second-order valence-corrected chi connectivity index (χ2v) is 6.94. The quantitative estimate of drug-likeness (QED) is 0.754. The van der Waals surface area contributed by atoms with Crippen molar-refractivity contribution in [1.29, 1.82) is 0 Å². The Morgan fingerprint density at radius 1 is 1.37 bits per heavy atom. The maximum absolute atomic E-state index is 11.5. The molecular weight excluding hydrogens is 266 g/mol. The molecule has 19 heavy (non-hydrogen) atoms. The summed E-state index contributed by atoms with van der Waals surface area (Å²) in [5.74, 6) is -0.697. The molecule has 0 aliphatic rings. The van der Waals surface area contributed by atoms with Gasteiger partial charge in [0.25, 0.3) is 0 Å². The van der Waals surface area contributed by atoms with E-state index in [0.29, 0.717) is 11.0 Å². The van der Waals surface area contributed by atoms with Gasteiger partial charge >= 0.3 is 12.1 Å². The highest BCUT2D eigenvalue weighted by atomic mass is 32.2. The van der Waals surface area contributed by atoms with Crippen molar-refractivity contribution < 1.29 is 19.4 Å². The number of carbonyl (C=O) groups is 2. The summed E-state index contributed by atoms with van der Waals surface area (Å²) in [6.07, 6.45) is 1.40. The molecule has 0 aliphatic heterocycles. The summed E-state index contributed by atoms with van der Waals surface area (Å²) in [6.45, 7) is 9.35. The third-order valence-electron chi connectivity index (χ3n) is 2.23. The molecule has 0 saturated heterocycles. The van der Waals surface area contributed by atoms with Crippen LogP contribution in [0.15, 0.2) is 0 Å². The molecule has 2 unspecified atom stereocenters. The zero-order valence-corrected chi connectivity index (χ0v) is 13.2. The van der Waals surface area contributed by atoms with Crippen molar-refractivity contribution >= 4 is 23.8 Å². The second-order valence-electron chi connectivity index (χ2n) is 5.47. The minimum atomic E-state index is -1.04. The van der Waals surface area contributed by atoms with Crippen LogP contribution in [0.4, 0.5) is 4.79 Å². The van der Waals surface area contributed by atoms with Crippen molar-refractivity contribution in [2.24, 2.45) is 0 Å². The molecule has 2 N–H and O–H groups in total. The molecule has 0 aromatic heterocycles. The van der Waals surface area contributed by atoms with Gasteiger partial charge in [-0.25, -0.2) is 9.59 Å². The van der Waals surface area contributed by atoms with Crippen LogP contribution in [0.1, 0.15) is 47.5 Å². The van der Waals surface area contributed by atoms with Gasteiger partial charge in [-0.15, -0.1) is 0 Å². The average Bonchev–Trinajstić information content (AvgIpc) is 2.21. The predicted molar refractivity (Wildman–Crippen MR) is 77.6 cm³/mol. The topological polar surface area (TPSA) is 75.6 Å². The van der Waals surface area contributed by atoms with Crippen LogP contribution in [-0.4, -0.2) is 39.8 Å². The van der Waals surface area contributed by atoms with Gasteiger partial charge in [0.15, 0.2) is 0 Å². The molecule has 5 nitrogen and oxygen atoms in total. The highest BCUT2D eigenvalue weighted by Gasteiger charge is 2.24. The fourth-order valence-corrected chi connectivity index (χ4v) is 2.52. The number of ether oxygens (including phenoxy) is 1. The first kappa shape index (κ1) is 18.1. The lowest BCUT2D eigenvalue weighted by Gasteiger charge is -2.22. The Morgan fingerprint density at radius 3 is 2.37 bits per heavy atom. The number of hydrogen-bond acceptors (Lipinski definition) is 4. The summed E-state index contributed by atoms with van der Waals surface area (Å²) >= 11 is 1.55. The van der Waals surface area contributed by atoms with Gasteiger partial charge in [-0.2, -0.15) is 11.8 Å². The van der Waals surface area contributed by atoms with Gasteiger partial charge in [-0.3, -0.25) is 0 Å². The van der Waals surface area contributed by atoms with Crippen LogP contribution in [0.25, 0.3) is 0 Å². The molecule has 6 heteroatoms. The smallest absolute Gasteiger partial charge is 0.408 e. The summed E-state index contributed by atoms with van der Waals surface area (Å²) in [6, 6.07) is -0.917. The van der Waals surface area contributed by atoms with E-state index in [1.165, 1.54) is 0 Å². The fourth-order valence-electron chi connectivity index (χ4n) is 1.37. The van der Waals surface area contributed by atoms with E-state index in [-0.39, 0.29) is 0 Å². The highest BCUT2D eigenvalue weighted by molar-refractivity contribution is 7.99. The normalized spacial score (nSPS) is 14.6. The van der Waals surface area contributed by atoms with E-state index in [4.69, 9.17) is 9.84 Å². The summed E-state index contributed by atoms with van der Waals surface area (Å²) in [5.41, 5.74) is -0.629. The Balaban J connectivity index is 4.27. The summed E-state index contributed by atoms with van der Waals surface area (Å²) < 4.78 is 5.05. The van der Waals surface area contributed by atoms with E-state index < -0.39 is 23.7 Å². The fraction of sp³-hybridized carbons (Fsp3) is 0.846. The Hall–Kier alpha value is -0.910. The Morgan fingerprint density at radius 2 is 1.95 bits per heavy atom. The lowest BCUT2D eigenvalue weighted by Crippen LogP contribution is -2.45. The monoisotopic (exact) mass is 291 g/mol. The van der Waals surface area contributed by atoms with Gasteiger partial charge in [-0.1, -0.05) is 20.3 Å². The average molecular weight is 291 g/mol. The number of hydrogen-bond donors (Lipinski definition) is 2. The molecule has 0 spiro atoms.